The summed E-state index contributed by atoms with van der Waals surface area (Å²) in [5.41, 5.74) is 1.28. The monoisotopic (exact) mass is 209 g/mol. The second-order valence-electron chi connectivity index (χ2n) is 4.13. The van der Waals surface area contributed by atoms with Crippen LogP contribution in [0, 0.1) is 0 Å². The molecule has 2 rings (SSSR count). The van der Waals surface area contributed by atoms with Crippen molar-refractivity contribution < 1.29 is 4.74 Å². The van der Waals surface area contributed by atoms with Crippen molar-refractivity contribution in [3.8, 4) is 5.75 Å². The van der Waals surface area contributed by atoms with E-state index in [1.807, 2.05) is 23.9 Å². The highest BCUT2D eigenvalue weighted by atomic mass is 32.2. The highest BCUT2D eigenvalue weighted by molar-refractivity contribution is 7.99. The van der Waals surface area contributed by atoms with Gasteiger partial charge in [0.25, 0.3) is 0 Å². The second kappa shape index (κ2) is 3.39. The van der Waals surface area contributed by atoms with Gasteiger partial charge in [-0.2, -0.15) is 0 Å². The average Bonchev–Trinajstić information content (AvgIpc) is 2.15. The number of methoxy groups -OCH3 is 1. The third-order valence-corrected chi connectivity index (χ3v) is 3.78. The van der Waals surface area contributed by atoms with E-state index in [1.54, 1.807) is 7.11 Å². The Hall–Kier alpha value is -0.830. The third kappa shape index (κ3) is 1.69. The standard InChI is InChI=1S/C11H15NOS/c1-11(2)7-14-9-6-4-5-8(13-3)10(9)12-11/h4-6,12H,7H2,1-3H3. The first kappa shape index (κ1) is 9.71. The first-order valence-electron chi connectivity index (χ1n) is 4.70. The first-order chi connectivity index (χ1) is 6.62. The number of para-hydroxylation sites is 1. The minimum absolute atomic E-state index is 0.145. The Balaban J connectivity index is 2.43. The van der Waals surface area contributed by atoms with E-state index in [2.05, 4.69) is 25.2 Å². The highest BCUT2D eigenvalue weighted by Gasteiger charge is 2.26. The molecule has 1 aromatic carbocycles. The van der Waals surface area contributed by atoms with E-state index in [1.165, 1.54) is 4.90 Å². The van der Waals surface area contributed by atoms with Crippen LogP contribution >= 0.6 is 11.8 Å². The number of hydrogen-bond donors (Lipinski definition) is 1. The summed E-state index contributed by atoms with van der Waals surface area (Å²) in [4.78, 5) is 1.28. The smallest absolute Gasteiger partial charge is 0.143 e. The van der Waals surface area contributed by atoms with Crippen LogP contribution in [0.25, 0.3) is 0 Å². The summed E-state index contributed by atoms with van der Waals surface area (Å²) in [7, 11) is 1.71. The van der Waals surface area contributed by atoms with Crippen molar-refractivity contribution in [2.75, 3.05) is 18.2 Å². The zero-order chi connectivity index (χ0) is 10.2. The van der Waals surface area contributed by atoms with Crippen LogP contribution in [-0.4, -0.2) is 18.4 Å². The van der Waals surface area contributed by atoms with Crippen LogP contribution < -0.4 is 10.1 Å². The quantitative estimate of drug-likeness (QED) is 0.768. The molecule has 0 fully saturated rings. The molecule has 1 aliphatic heterocycles. The van der Waals surface area contributed by atoms with E-state index >= 15 is 0 Å². The molecule has 0 unspecified atom stereocenters. The molecule has 3 heteroatoms. The van der Waals surface area contributed by atoms with Crippen molar-refractivity contribution in [2.24, 2.45) is 0 Å². The Morgan fingerprint density at radius 3 is 2.93 bits per heavy atom. The van der Waals surface area contributed by atoms with Crippen LogP contribution in [0.4, 0.5) is 5.69 Å². The van der Waals surface area contributed by atoms with Gasteiger partial charge in [0.05, 0.1) is 12.8 Å². The number of ether oxygens (including phenoxy) is 1. The fraction of sp³-hybridized carbons (Fsp3) is 0.455. The summed E-state index contributed by atoms with van der Waals surface area (Å²) in [6.07, 6.45) is 0. The third-order valence-electron chi connectivity index (χ3n) is 2.26. The summed E-state index contributed by atoms with van der Waals surface area (Å²) in [5.74, 6) is 2.02. The lowest BCUT2D eigenvalue weighted by molar-refractivity contribution is 0.413. The predicted molar refractivity (Wildman–Crippen MR) is 61.4 cm³/mol. The summed E-state index contributed by atoms with van der Waals surface area (Å²) in [6.45, 7) is 4.41. The first-order valence-corrected chi connectivity index (χ1v) is 5.69. The molecule has 0 atom stereocenters. The molecule has 0 aliphatic carbocycles. The summed E-state index contributed by atoms with van der Waals surface area (Å²) in [5, 5.41) is 3.51. The Labute approximate surface area is 89.0 Å². The molecule has 0 radical (unpaired) electrons. The molecule has 0 aromatic heterocycles. The molecule has 0 saturated carbocycles. The number of thioether (sulfide) groups is 1. The summed E-state index contributed by atoms with van der Waals surface area (Å²) >= 11 is 1.88. The molecule has 14 heavy (non-hydrogen) atoms. The summed E-state index contributed by atoms with van der Waals surface area (Å²) in [6, 6.07) is 6.16. The van der Waals surface area contributed by atoms with E-state index in [-0.39, 0.29) is 5.54 Å². The molecule has 1 aliphatic rings. The van der Waals surface area contributed by atoms with Gasteiger partial charge in [0.1, 0.15) is 5.75 Å². The molecule has 1 N–H and O–H groups in total. The molecule has 2 nitrogen and oxygen atoms in total. The maximum Gasteiger partial charge on any atom is 0.143 e. The molecule has 0 spiro atoms. The Morgan fingerprint density at radius 2 is 2.21 bits per heavy atom. The van der Waals surface area contributed by atoms with Gasteiger partial charge in [-0.25, -0.2) is 0 Å². The Morgan fingerprint density at radius 1 is 1.43 bits per heavy atom. The average molecular weight is 209 g/mol. The van der Waals surface area contributed by atoms with Gasteiger partial charge in [0.15, 0.2) is 0 Å². The molecule has 76 valence electrons. The predicted octanol–water partition coefficient (Wildman–Crippen LogP) is 2.99. The lowest BCUT2D eigenvalue weighted by Gasteiger charge is -2.33. The van der Waals surface area contributed by atoms with E-state index in [4.69, 9.17) is 4.74 Å². The van der Waals surface area contributed by atoms with Gasteiger partial charge in [-0.05, 0) is 26.0 Å². The second-order valence-corrected chi connectivity index (χ2v) is 5.15. The van der Waals surface area contributed by atoms with E-state index in [0.717, 1.165) is 17.2 Å². The fourth-order valence-electron chi connectivity index (χ4n) is 1.56. The molecular weight excluding hydrogens is 194 g/mol. The van der Waals surface area contributed by atoms with E-state index < -0.39 is 0 Å². The summed E-state index contributed by atoms with van der Waals surface area (Å²) < 4.78 is 5.33. The van der Waals surface area contributed by atoms with Crippen molar-refractivity contribution in [3.63, 3.8) is 0 Å². The molecule has 0 amide bonds. The molecule has 1 heterocycles. The van der Waals surface area contributed by atoms with Gasteiger partial charge < -0.3 is 10.1 Å². The van der Waals surface area contributed by atoms with Crippen LogP contribution in [0.3, 0.4) is 0 Å². The minimum atomic E-state index is 0.145. The van der Waals surface area contributed by atoms with Gasteiger partial charge in [0.2, 0.25) is 0 Å². The van der Waals surface area contributed by atoms with Gasteiger partial charge in [-0.3, -0.25) is 0 Å². The molecule has 0 saturated heterocycles. The van der Waals surface area contributed by atoms with Crippen molar-refractivity contribution in [1.29, 1.82) is 0 Å². The number of rotatable bonds is 1. The van der Waals surface area contributed by atoms with Crippen LogP contribution in [0.15, 0.2) is 23.1 Å². The number of hydrogen-bond acceptors (Lipinski definition) is 3. The molecule has 0 bridgehead atoms. The zero-order valence-corrected chi connectivity index (χ0v) is 9.57. The fourth-order valence-corrected chi connectivity index (χ4v) is 2.62. The zero-order valence-electron chi connectivity index (χ0n) is 8.76. The minimum Gasteiger partial charge on any atom is -0.495 e. The van der Waals surface area contributed by atoms with Crippen molar-refractivity contribution in [1.82, 2.24) is 0 Å². The lowest BCUT2D eigenvalue weighted by Crippen LogP contribution is -2.36. The Bertz CT molecular complexity index is 335. The Kier molecular flexibility index (Phi) is 2.35. The normalized spacial score (nSPS) is 18.2. The number of anilines is 1. The molecule has 1 aromatic rings. The number of nitrogens with one attached hydrogen (secondary N) is 1. The van der Waals surface area contributed by atoms with Gasteiger partial charge in [0, 0.05) is 16.2 Å². The van der Waals surface area contributed by atoms with Crippen molar-refractivity contribution in [3.05, 3.63) is 18.2 Å². The highest BCUT2D eigenvalue weighted by Crippen LogP contribution is 2.42. The van der Waals surface area contributed by atoms with E-state index in [0.29, 0.717) is 0 Å². The van der Waals surface area contributed by atoms with Gasteiger partial charge >= 0.3 is 0 Å². The number of benzene rings is 1. The van der Waals surface area contributed by atoms with Crippen molar-refractivity contribution >= 4 is 17.4 Å². The maximum absolute atomic E-state index is 5.33. The largest absolute Gasteiger partial charge is 0.495 e. The van der Waals surface area contributed by atoms with Crippen LogP contribution in [0.2, 0.25) is 0 Å². The van der Waals surface area contributed by atoms with Crippen LogP contribution in [-0.2, 0) is 0 Å². The van der Waals surface area contributed by atoms with Gasteiger partial charge in [-0.1, -0.05) is 6.07 Å². The van der Waals surface area contributed by atoms with E-state index in [9.17, 15) is 0 Å². The van der Waals surface area contributed by atoms with Crippen LogP contribution in [0.5, 0.6) is 5.75 Å². The number of fused-ring (bicyclic) bond motifs is 1. The lowest BCUT2D eigenvalue weighted by atomic mass is 10.1. The van der Waals surface area contributed by atoms with Crippen molar-refractivity contribution in [2.45, 2.75) is 24.3 Å². The topological polar surface area (TPSA) is 21.3 Å². The maximum atomic E-state index is 5.33. The van der Waals surface area contributed by atoms with Gasteiger partial charge in [-0.15, -0.1) is 11.8 Å². The van der Waals surface area contributed by atoms with Crippen LogP contribution in [0.1, 0.15) is 13.8 Å². The molecular formula is C11H15NOS. The SMILES string of the molecule is COc1cccc2c1NC(C)(C)CS2.